The van der Waals surface area contributed by atoms with Crippen LogP contribution in [-0.4, -0.2) is 30.5 Å². The number of fused-ring (bicyclic) bond motifs is 1. The smallest absolute Gasteiger partial charge is 0.284 e. The zero-order valence-corrected chi connectivity index (χ0v) is 16.2. The summed E-state index contributed by atoms with van der Waals surface area (Å²) in [6, 6.07) is 15.3. The average molecular weight is 388 g/mol. The van der Waals surface area contributed by atoms with Crippen LogP contribution in [0.1, 0.15) is 18.1 Å². The van der Waals surface area contributed by atoms with Crippen molar-refractivity contribution in [3.05, 3.63) is 76.3 Å². The van der Waals surface area contributed by atoms with Crippen LogP contribution in [0.2, 0.25) is 0 Å². The van der Waals surface area contributed by atoms with E-state index in [0.29, 0.717) is 11.3 Å². The monoisotopic (exact) mass is 388 g/mol. The van der Waals surface area contributed by atoms with E-state index in [1.807, 2.05) is 55.5 Å². The molecule has 2 aromatic carbocycles. The lowest BCUT2D eigenvalue weighted by Gasteiger charge is -2.08. The van der Waals surface area contributed by atoms with Crippen LogP contribution in [0.15, 0.2) is 59.7 Å². The Labute approximate surface area is 166 Å². The Morgan fingerprint density at radius 1 is 1.07 bits per heavy atom. The van der Waals surface area contributed by atoms with Crippen LogP contribution in [0.4, 0.5) is 5.69 Å². The Kier molecular flexibility index (Phi) is 4.90. The number of rotatable bonds is 5. The van der Waals surface area contributed by atoms with Gasteiger partial charge in [0.1, 0.15) is 12.9 Å². The van der Waals surface area contributed by atoms with Gasteiger partial charge in [-0.3, -0.25) is 14.2 Å². The standard InChI is InChI=1S/C21H20N6O2/c1-3-15-6-8-16(9-7-15)23-18(28)12-26-13-22-20-19(21(26)29)24-25-27(20)17-10-4-14(2)5-11-17/h4-11,13H,3,12H2,1-2H3,(H,23,28). The van der Waals surface area contributed by atoms with E-state index >= 15 is 0 Å². The van der Waals surface area contributed by atoms with Crippen LogP contribution in [0.3, 0.4) is 0 Å². The number of anilines is 1. The molecular weight excluding hydrogens is 368 g/mol. The first kappa shape index (κ1) is 18.5. The number of aromatic nitrogens is 5. The molecule has 146 valence electrons. The van der Waals surface area contributed by atoms with E-state index in [1.165, 1.54) is 21.1 Å². The van der Waals surface area contributed by atoms with Crippen LogP contribution in [0.5, 0.6) is 0 Å². The van der Waals surface area contributed by atoms with Gasteiger partial charge in [-0.05, 0) is 43.2 Å². The van der Waals surface area contributed by atoms with E-state index < -0.39 is 5.56 Å². The maximum absolute atomic E-state index is 12.7. The summed E-state index contributed by atoms with van der Waals surface area (Å²) in [6.07, 6.45) is 2.27. The molecular formula is C21H20N6O2. The van der Waals surface area contributed by atoms with Crippen molar-refractivity contribution in [3.63, 3.8) is 0 Å². The fourth-order valence-electron chi connectivity index (χ4n) is 3.00. The number of carbonyl (C=O) groups excluding carboxylic acids is 1. The summed E-state index contributed by atoms with van der Waals surface area (Å²) in [7, 11) is 0. The Morgan fingerprint density at radius 3 is 2.48 bits per heavy atom. The van der Waals surface area contributed by atoms with Crippen LogP contribution >= 0.6 is 0 Å². The van der Waals surface area contributed by atoms with Gasteiger partial charge in [-0.15, -0.1) is 5.10 Å². The number of aryl methyl sites for hydroxylation is 2. The summed E-state index contributed by atoms with van der Waals surface area (Å²) in [5.74, 6) is -0.316. The molecule has 0 saturated carbocycles. The first-order valence-corrected chi connectivity index (χ1v) is 9.32. The topological polar surface area (TPSA) is 94.7 Å². The lowest BCUT2D eigenvalue weighted by Crippen LogP contribution is -2.28. The van der Waals surface area contributed by atoms with E-state index in [-0.39, 0.29) is 18.0 Å². The van der Waals surface area contributed by atoms with Crippen molar-refractivity contribution in [1.29, 1.82) is 0 Å². The van der Waals surface area contributed by atoms with E-state index in [9.17, 15) is 9.59 Å². The van der Waals surface area contributed by atoms with Gasteiger partial charge in [-0.2, -0.15) is 4.68 Å². The number of carbonyl (C=O) groups is 1. The highest BCUT2D eigenvalue weighted by Crippen LogP contribution is 2.13. The average Bonchev–Trinajstić information content (AvgIpc) is 3.16. The van der Waals surface area contributed by atoms with Gasteiger partial charge in [0.25, 0.3) is 5.56 Å². The van der Waals surface area contributed by atoms with Crippen molar-refractivity contribution in [2.45, 2.75) is 26.8 Å². The number of hydrogen-bond acceptors (Lipinski definition) is 5. The van der Waals surface area contributed by atoms with Gasteiger partial charge < -0.3 is 5.32 Å². The number of nitrogens with zero attached hydrogens (tertiary/aromatic N) is 5. The van der Waals surface area contributed by atoms with Crippen LogP contribution in [0, 0.1) is 6.92 Å². The summed E-state index contributed by atoms with van der Waals surface area (Å²) in [5.41, 5.74) is 3.80. The van der Waals surface area contributed by atoms with E-state index in [4.69, 9.17) is 0 Å². The van der Waals surface area contributed by atoms with E-state index in [0.717, 1.165) is 17.7 Å². The lowest BCUT2D eigenvalue weighted by molar-refractivity contribution is -0.116. The van der Waals surface area contributed by atoms with Crippen molar-refractivity contribution < 1.29 is 4.79 Å². The predicted octanol–water partition coefficient (Wildman–Crippen LogP) is 2.49. The van der Waals surface area contributed by atoms with Gasteiger partial charge in [0.2, 0.25) is 5.91 Å². The first-order chi connectivity index (χ1) is 14.0. The molecule has 0 bridgehead atoms. The van der Waals surface area contributed by atoms with Crippen molar-refractivity contribution in [1.82, 2.24) is 24.5 Å². The molecule has 0 aliphatic rings. The Bertz CT molecular complexity index is 1220. The predicted molar refractivity (Wildman–Crippen MR) is 110 cm³/mol. The molecule has 0 atom stereocenters. The quantitative estimate of drug-likeness (QED) is 0.567. The second-order valence-corrected chi connectivity index (χ2v) is 6.79. The minimum absolute atomic E-state index is 0.119. The second kappa shape index (κ2) is 7.67. The van der Waals surface area contributed by atoms with Crippen LogP contribution in [0.25, 0.3) is 16.9 Å². The molecule has 0 spiro atoms. The van der Waals surface area contributed by atoms with E-state index in [2.05, 4.69) is 27.5 Å². The Hall–Kier alpha value is -3.81. The highest BCUT2D eigenvalue weighted by Gasteiger charge is 2.15. The number of nitrogens with one attached hydrogen (secondary N) is 1. The number of amides is 1. The summed E-state index contributed by atoms with van der Waals surface area (Å²) >= 11 is 0. The molecule has 0 saturated heterocycles. The first-order valence-electron chi connectivity index (χ1n) is 9.32. The largest absolute Gasteiger partial charge is 0.325 e. The number of hydrogen-bond donors (Lipinski definition) is 1. The summed E-state index contributed by atoms with van der Waals surface area (Å²) in [5, 5.41) is 10.8. The number of benzene rings is 2. The minimum Gasteiger partial charge on any atom is -0.325 e. The normalized spacial score (nSPS) is 11.0. The molecule has 1 N–H and O–H groups in total. The third kappa shape index (κ3) is 3.77. The molecule has 1 amide bonds. The van der Waals surface area contributed by atoms with Gasteiger partial charge in [0.05, 0.1) is 5.69 Å². The van der Waals surface area contributed by atoms with E-state index in [1.54, 1.807) is 0 Å². The van der Waals surface area contributed by atoms with Gasteiger partial charge in [-0.25, -0.2) is 4.98 Å². The Balaban J connectivity index is 1.56. The molecule has 0 unspecified atom stereocenters. The fraction of sp³-hybridized carbons (Fsp3) is 0.190. The molecule has 0 radical (unpaired) electrons. The Morgan fingerprint density at radius 2 is 1.79 bits per heavy atom. The summed E-state index contributed by atoms with van der Waals surface area (Å²) in [4.78, 5) is 29.4. The summed E-state index contributed by atoms with van der Waals surface area (Å²) in [6.45, 7) is 3.90. The van der Waals surface area contributed by atoms with Crippen molar-refractivity contribution in [2.75, 3.05) is 5.32 Å². The van der Waals surface area contributed by atoms with Crippen molar-refractivity contribution in [2.24, 2.45) is 0 Å². The zero-order chi connectivity index (χ0) is 20.4. The molecule has 0 aliphatic carbocycles. The molecule has 2 heterocycles. The van der Waals surface area contributed by atoms with Crippen molar-refractivity contribution >= 4 is 22.8 Å². The van der Waals surface area contributed by atoms with Crippen molar-refractivity contribution in [3.8, 4) is 5.69 Å². The zero-order valence-electron chi connectivity index (χ0n) is 16.2. The SMILES string of the molecule is CCc1ccc(NC(=O)Cn2cnc3c(nnn3-c3ccc(C)cc3)c2=O)cc1. The van der Waals surface area contributed by atoms with Gasteiger partial charge in [0, 0.05) is 5.69 Å². The molecule has 0 aliphatic heterocycles. The minimum atomic E-state index is -0.412. The summed E-state index contributed by atoms with van der Waals surface area (Å²) < 4.78 is 2.74. The maximum Gasteiger partial charge on any atom is 0.284 e. The molecule has 0 fully saturated rings. The molecule has 4 aromatic rings. The highest BCUT2D eigenvalue weighted by atomic mass is 16.2. The molecule has 2 aromatic heterocycles. The molecule has 8 nitrogen and oxygen atoms in total. The molecule has 29 heavy (non-hydrogen) atoms. The van der Waals surface area contributed by atoms with Gasteiger partial charge in [0.15, 0.2) is 11.2 Å². The third-order valence-electron chi connectivity index (χ3n) is 4.67. The third-order valence-corrected chi connectivity index (χ3v) is 4.67. The highest BCUT2D eigenvalue weighted by molar-refractivity contribution is 5.90. The lowest BCUT2D eigenvalue weighted by atomic mass is 10.1. The second-order valence-electron chi connectivity index (χ2n) is 6.79. The molecule has 8 heteroatoms. The fourth-order valence-corrected chi connectivity index (χ4v) is 3.00. The van der Waals surface area contributed by atoms with Crippen LogP contribution in [-0.2, 0) is 17.8 Å². The van der Waals surface area contributed by atoms with Gasteiger partial charge in [-0.1, -0.05) is 42.0 Å². The van der Waals surface area contributed by atoms with Gasteiger partial charge >= 0.3 is 0 Å². The van der Waals surface area contributed by atoms with Crippen LogP contribution < -0.4 is 10.9 Å². The maximum atomic E-state index is 12.7. The molecule has 4 rings (SSSR count).